The number of nitrogens with zero attached hydrogens (tertiary/aromatic N) is 3. The van der Waals surface area contributed by atoms with Crippen LogP contribution in [0.1, 0.15) is 12.7 Å². The zero-order valence-electron chi connectivity index (χ0n) is 16.2. The molecule has 0 fully saturated rings. The zero-order chi connectivity index (χ0) is 22.0. The summed E-state index contributed by atoms with van der Waals surface area (Å²) >= 11 is 7.13. The summed E-state index contributed by atoms with van der Waals surface area (Å²) in [5, 5.41) is 15.2. The van der Waals surface area contributed by atoms with E-state index in [1.165, 1.54) is 35.7 Å². The molecule has 0 saturated heterocycles. The van der Waals surface area contributed by atoms with Crippen molar-refractivity contribution in [3.8, 4) is 17.1 Å². The van der Waals surface area contributed by atoms with Gasteiger partial charge in [-0.1, -0.05) is 11.6 Å². The van der Waals surface area contributed by atoms with Crippen LogP contribution < -0.4 is 15.6 Å². The molecular weight excluding hydrogens is 445 g/mol. The molecule has 3 N–H and O–H groups in total. The van der Waals surface area contributed by atoms with Gasteiger partial charge in [0.15, 0.2) is 5.13 Å². The lowest BCUT2D eigenvalue weighted by Gasteiger charge is -2.08. The lowest BCUT2D eigenvalue weighted by Crippen LogP contribution is -2.15. The van der Waals surface area contributed by atoms with Crippen molar-refractivity contribution in [2.24, 2.45) is 0 Å². The number of hydrogen-bond acceptors (Lipinski definition) is 8. The summed E-state index contributed by atoms with van der Waals surface area (Å²) < 4.78 is 18.9. The van der Waals surface area contributed by atoms with Crippen LogP contribution >= 0.6 is 22.9 Å². The summed E-state index contributed by atoms with van der Waals surface area (Å²) in [6.07, 6.45) is 1.01. The molecule has 0 saturated carbocycles. The predicted molar refractivity (Wildman–Crippen MR) is 117 cm³/mol. The first-order chi connectivity index (χ1) is 14.9. The van der Waals surface area contributed by atoms with Crippen molar-refractivity contribution in [3.63, 3.8) is 0 Å². The maximum absolute atomic E-state index is 13.3. The van der Waals surface area contributed by atoms with Crippen molar-refractivity contribution in [1.29, 1.82) is 0 Å². The van der Waals surface area contributed by atoms with Gasteiger partial charge in [-0.15, -0.1) is 11.3 Å². The first kappa shape index (κ1) is 21.2. The van der Waals surface area contributed by atoms with Crippen molar-refractivity contribution < 1.29 is 14.2 Å². The van der Waals surface area contributed by atoms with Crippen LogP contribution in [0.5, 0.6) is 5.75 Å². The molecule has 0 unspecified atom stereocenters. The number of ether oxygens (including phenoxy) is 1. The molecule has 0 aliphatic carbocycles. The van der Waals surface area contributed by atoms with Crippen LogP contribution in [-0.4, -0.2) is 37.7 Å². The number of aliphatic hydroxyl groups excluding tert-OH is 1. The van der Waals surface area contributed by atoms with E-state index < -0.39 is 11.9 Å². The molecule has 4 rings (SSSR count). The molecule has 0 radical (unpaired) electrons. The quantitative estimate of drug-likeness (QED) is 0.385. The van der Waals surface area contributed by atoms with Crippen LogP contribution in [0.3, 0.4) is 0 Å². The third kappa shape index (κ3) is 4.82. The predicted octanol–water partition coefficient (Wildman–Crippen LogP) is 3.61. The number of nitrogens with one attached hydrogen (secondary N) is 2. The number of halogens is 2. The second kappa shape index (κ2) is 8.96. The first-order valence-corrected chi connectivity index (χ1v) is 10.5. The molecule has 31 heavy (non-hydrogen) atoms. The number of thiazole rings is 1. The molecular formula is C20H17ClFN5O3S. The molecule has 0 aliphatic heterocycles. The number of aromatic amines is 1. The smallest absolute Gasteiger partial charge is 0.258 e. The lowest BCUT2D eigenvalue weighted by molar-refractivity contribution is 0.208. The van der Waals surface area contributed by atoms with E-state index in [2.05, 4.69) is 25.3 Å². The van der Waals surface area contributed by atoms with Crippen LogP contribution in [-0.2, 0) is 6.61 Å². The highest BCUT2D eigenvalue weighted by molar-refractivity contribution is 7.14. The van der Waals surface area contributed by atoms with Crippen molar-refractivity contribution in [2.45, 2.75) is 19.6 Å². The van der Waals surface area contributed by atoms with E-state index >= 15 is 0 Å². The fourth-order valence-electron chi connectivity index (χ4n) is 2.78. The molecule has 0 spiro atoms. The molecule has 160 valence electrons. The third-order valence-electron chi connectivity index (χ3n) is 4.24. The fraction of sp³-hybridized carbons (Fsp3) is 0.200. The van der Waals surface area contributed by atoms with Crippen molar-refractivity contribution >= 4 is 39.0 Å². The van der Waals surface area contributed by atoms with Crippen molar-refractivity contribution in [3.05, 3.63) is 62.9 Å². The summed E-state index contributed by atoms with van der Waals surface area (Å²) in [5.74, 6) is 0.0660. The molecule has 3 heterocycles. The molecule has 3 aromatic heterocycles. The topological polar surface area (TPSA) is 113 Å². The van der Waals surface area contributed by atoms with E-state index in [1.807, 2.05) is 0 Å². The zero-order valence-corrected chi connectivity index (χ0v) is 17.8. The summed E-state index contributed by atoms with van der Waals surface area (Å²) in [4.78, 5) is 28.6. The summed E-state index contributed by atoms with van der Waals surface area (Å²) in [6, 6.07) is 5.56. The van der Waals surface area contributed by atoms with Crippen LogP contribution in [0.4, 0.5) is 9.52 Å². The normalized spacial score (nSPS) is 12.1. The van der Waals surface area contributed by atoms with Gasteiger partial charge >= 0.3 is 0 Å². The number of fused-ring (bicyclic) bond motifs is 1. The van der Waals surface area contributed by atoms with Gasteiger partial charge in [0, 0.05) is 24.2 Å². The van der Waals surface area contributed by atoms with E-state index in [-0.39, 0.29) is 23.0 Å². The number of aliphatic hydroxyl groups is 1. The minimum atomic E-state index is -0.549. The minimum absolute atomic E-state index is 0.0558. The number of aromatic nitrogens is 4. The number of pyridine rings is 1. The molecule has 0 amide bonds. The summed E-state index contributed by atoms with van der Waals surface area (Å²) in [7, 11) is 0. The van der Waals surface area contributed by atoms with Gasteiger partial charge in [0.1, 0.15) is 40.9 Å². The van der Waals surface area contributed by atoms with Gasteiger partial charge in [0.2, 0.25) is 0 Å². The highest BCUT2D eigenvalue weighted by Gasteiger charge is 2.15. The van der Waals surface area contributed by atoms with Crippen molar-refractivity contribution in [1.82, 2.24) is 19.9 Å². The summed E-state index contributed by atoms with van der Waals surface area (Å²) in [5.41, 5.74) is 1.05. The molecule has 1 atom stereocenters. The number of anilines is 1. The lowest BCUT2D eigenvalue weighted by atomic mass is 10.2. The molecule has 11 heteroatoms. The van der Waals surface area contributed by atoms with Gasteiger partial charge < -0.3 is 20.1 Å². The van der Waals surface area contributed by atoms with Crippen LogP contribution in [0, 0.1) is 5.82 Å². The molecule has 0 aliphatic rings. The molecule has 0 bridgehead atoms. The van der Waals surface area contributed by atoms with Crippen LogP contribution in [0.25, 0.3) is 22.3 Å². The maximum Gasteiger partial charge on any atom is 0.258 e. The Balaban J connectivity index is 1.64. The molecule has 4 aromatic rings. The average molecular weight is 462 g/mol. The van der Waals surface area contributed by atoms with Gasteiger partial charge in [-0.05, 0) is 25.1 Å². The Kier molecular flexibility index (Phi) is 6.12. The maximum atomic E-state index is 13.3. The van der Waals surface area contributed by atoms with E-state index in [0.717, 1.165) is 0 Å². The summed E-state index contributed by atoms with van der Waals surface area (Å²) in [6.45, 7) is 1.98. The average Bonchev–Trinajstić information content (AvgIpc) is 3.22. The van der Waals surface area contributed by atoms with Crippen LogP contribution in [0.15, 0.2) is 40.6 Å². The first-order valence-electron chi connectivity index (χ1n) is 9.24. The van der Waals surface area contributed by atoms with Gasteiger partial charge in [0.25, 0.3) is 5.56 Å². The Labute approximate surface area is 184 Å². The van der Waals surface area contributed by atoms with Gasteiger partial charge in [-0.25, -0.2) is 14.4 Å². The fourth-order valence-corrected chi connectivity index (χ4v) is 3.66. The van der Waals surface area contributed by atoms with E-state index in [9.17, 15) is 14.3 Å². The minimum Gasteiger partial charge on any atom is -0.486 e. The Morgan fingerprint density at radius 1 is 1.35 bits per heavy atom. The standard InChI is InChI=1S/C20H17ClFN5O3S/c1-10(28)7-24-20-25-15(9-31-20)18-17-12(4-5-23-18)19(29)27-16(26-17)8-30-11-2-3-14(22)13(21)6-11/h2-6,9-10,28H,7-8H2,1H3,(H,24,25)(H,26,27,29)/t10-/m1/s1. The van der Waals surface area contributed by atoms with Crippen LogP contribution in [0.2, 0.25) is 5.02 Å². The Bertz CT molecular complexity index is 1290. The number of rotatable bonds is 7. The molecule has 8 nitrogen and oxygen atoms in total. The van der Waals surface area contributed by atoms with E-state index in [4.69, 9.17) is 16.3 Å². The largest absolute Gasteiger partial charge is 0.486 e. The number of H-pyrrole nitrogens is 1. The van der Waals surface area contributed by atoms with E-state index in [0.29, 0.717) is 39.7 Å². The van der Waals surface area contributed by atoms with Crippen molar-refractivity contribution in [2.75, 3.05) is 11.9 Å². The van der Waals surface area contributed by atoms with E-state index in [1.54, 1.807) is 18.4 Å². The highest BCUT2D eigenvalue weighted by Crippen LogP contribution is 2.27. The monoisotopic (exact) mass is 461 g/mol. The highest BCUT2D eigenvalue weighted by atomic mass is 35.5. The molecule has 1 aromatic carbocycles. The number of hydrogen-bond donors (Lipinski definition) is 3. The second-order valence-corrected chi connectivity index (χ2v) is 7.97. The Morgan fingerprint density at radius 2 is 2.19 bits per heavy atom. The Morgan fingerprint density at radius 3 is 2.97 bits per heavy atom. The van der Waals surface area contributed by atoms with Gasteiger partial charge in [-0.2, -0.15) is 0 Å². The second-order valence-electron chi connectivity index (χ2n) is 6.70. The van der Waals surface area contributed by atoms with Gasteiger partial charge in [0.05, 0.1) is 16.5 Å². The van der Waals surface area contributed by atoms with Gasteiger partial charge in [-0.3, -0.25) is 9.78 Å². The Hall–Kier alpha value is -3.08. The number of benzene rings is 1. The SMILES string of the molecule is C[C@@H](O)CNc1nc(-c2nccc3c(=O)[nH]c(COc4ccc(F)c(Cl)c4)nc23)cs1. The third-order valence-corrected chi connectivity index (χ3v) is 5.33.